The largest absolute Gasteiger partial charge is 0.390 e. The molecule has 0 fully saturated rings. The van der Waals surface area contributed by atoms with Gasteiger partial charge in [0.1, 0.15) is 0 Å². The van der Waals surface area contributed by atoms with E-state index in [1.54, 1.807) is 0 Å². The number of benzene rings is 2. The summed E-state index contributed by atoms with van der Waals surface area (Å²) in [4.78, 5) is 14.4. The third-order valence-corrected chi connectivity index (χ3v) is 4.17. The van der Waals surface area contributed by atoms with Crippen LogP contribution in [0.15, 0.2) is 48.5 Å². The van der Waals surface area contributed by atoms with E-state index in [9.17, 15) is 9.90 Å². The molecule has 0 radical (unpaired) electrons. The van der Waals surface area contributed by atoms with Gasteiger partial charge in [0.25, 0.3) is 0 Å². The van der Waals surface area contributed by atoms with E-state index >= 15 is 0 Å². The van der Waals surface area contributed by atoms with Crippen LogP contribution in [-0.2, 0) is 13.0 Å². The molecule has 3 rings (SSSR count). The van der Waals surface area contributed by atoms with E-state index in [2.05, 4.69) is 15.5 Å². The van der Waals surface area contributed by atoms with Gasteiger partial charge < -0.3 is 20.6 Å². The van der Waals surface area contributed by atoms with Gasteiger partial charge in [-0.1, -0.05) is 36.4 Å². The summed E-state index contributed by atoms with van der Waals surface area (Å²) in [5.74, 6) is 0. The summed E-state index contributed by atoms with van der Waals surface area (Å²) < 4.78 is 0. The zero-order valence-corrected chi connectivity index (χ0v) is 14.0. The highest BCUT2D eigenvalue weighted by molar-refractivity contribution is 5.89. The second-order valence-corrected chi connectivity index (χ2v) is 6.48. The number of carbonyl (C=O) groups is 1. The van der Waals surface area contributed by atoms with Crippen molar-refractivity contribution in [2.24, 2.45) is 0 Å². The topological polar surface area (TPSA) is 64.6 Å². The first-order chi connectivity index (χ1) is 11.5. The number of hydrogen-bond acceptors (Lipinski definition) is 3. The van der Waals surface area contributed by atoms with Gasteiger partial charge in [-0.25, -0.2) is 4.79 Å². The number of aliphatic hydroxyl groups excluding tert-OH is 1. The minimum Gasteiger partial charge on any atom is -0.390 e. The number of urea groups is 1. The molecule has 5 nitrogen and oxygen atoms in total. The molecule has 2 atom stereocenters. The molecule has 1 aliphatic carbocycles. The molecular formula is C19H23N3O2. The Morgan fingerprint density at radius 3 is 2.79 bits per heavy atom. The van der Waals surface area contributed by atoms with E-state index in [0.717, 1.165) is 28.9 Å². The van der Waals surface area contributed by atoms with Crippen LogP contribution in [0.4, 0.5) is 10.5 Å². The van der Waals surface area contributed by atoms with E-state index < -0.39 is 6.10 Å². The van der Waals surface area contributed by atoms with Crippen LogP contribution in [0, 0.1) is 0 Å². The minimum atomic E-state index is -0.590. The van der Waals surface area contributed by atoms with Crippen molar-refractivity contribution in [3.63, 3.8) is 0 Å². The number of rotatable bonds is 4. The highest BCUT2D eigenvalue weighted by Crippen LogP contribution is 2.31. The lowest BCUT2D eigenvalue weighted by molar-refractivity contribution is 0.144. The maximum Gasteiger partial charge on any atom is 0.319 e. The molecule has 2 unspecified atom stereocenters. The van der Waals surface area contributed by atoms with E-state index in [0.29, 0.717) is 6.42 Å². The number of carbonyl (C=O) groups excluding carboxylic acids is 1. The Labute approximate surface area is 142 Å². The molecule has 0 saturated heterocycles. The second kappa shape index (κ2) is 7.03. The van der Waals surface area contributed by atoms with Gasteiger partial charge in [-0.15, -0.1) is 0 Å². The molecule has 24 heavy (non-hydrogen) atoms. The SMILES string of the molecule is CN(C)Cc1cccc(NC(=O)NC2c3ccccc3CC2O)c1. The van der Waals surface area contributed by atoms with Crippen LogP contribution in [-0.4, -0.2) is 36.2 Å². The number of nitrogens with one attached hydrogen (secondary N) is 2. The average Bonchev–Trinajstić information content (AvgIpc) is 2.83. The number of hydrogen-bond donors (Lipinski definition) is 3. The van der Waals surface area contributed by atoms with E-state index in [-0.39, 0.29) is 12.1 Å². The Bertz CT molecular complexity index is 730. The molecule has 0 aromatic heterocycles. The monoisotopic (exact) mass is 325 g/mol. The van der Waals surface area contributed by atoms with Gasteiger partial charge in [-0.3, -0.25) is 0 Å². The molecule has 2 aromatic carbocycles. The number of nitrogens with zero attached hydrogens (tertiary/aromatic N) is 1. The third-order valence-electron chi connectivity index (χ3n) is 4.17. The number of aliphatic hydroxyl groups is 1. The normalized spacial score (nSPS) is 19.2. The molecule has 0 aliphatic heterocycles. The van der Waals surface area contributed by atoms with Crippen molar-refractivity contribution >= 4 is 11.7 Å². The summed E-state index contributed by atoms with van der Waals surface area (Å²) >= 11 is 0. The Morgan fingerprint density at radius 2 is 2.00 bits per heavy atom. The van der Waals surface area contributed by atoms with Gasteiger partial charge in [0.2, 0.25) is 0 Å². The van der Waals surface area contributed by atoms with E-state index in [1.165, 1.54) is 0 Å². The molecular weight excluding hydrogens is 302 g/mol. The summed E-state index contributed by atoms with van der Waals surface area (Å²) in [6, 6.07) is 14.9. The Balaban J connectivity index is 1.66. The van der Waals surface area contributed by atoms with Crippen LogP contribution in [0.2, 0.25) is 0 Å². The minimum absolute atomic E-state index is 0.308. The molecule has 3 N–H and O–H groups in total. The highest BCUT2D eigenvalue weighted by Gasteiger charge is 2.31. The van der Waals surface area contributed by atoms with Gasteiger partial charge in [-0.05, 0) is 42.9 Å². The molecule has 0 bridgehead atoms. The fraction of sp³-hybridized carbons (Fsp3) is 0.316. The van der Waals surface area contributed by atoms with E-state index in [4.69, 9.17) is 0 Å². The summed E-state index contributed by atoms with van der Waals surface area (Å²) in [6.45, 7) is 0.811. The van der Waals surface area contributed by atoms with Crippen LogP contribution in [0.3, 0.4) is 0 Å². The van der Waals surface area contributed by atoms with Gasteiger partial charge in [-0.2, -0.15) is 0 Å². The lowest BCUT2D eigenvalue weighted by Gasteiger charge is -2.18. The van der Waals surface area contributed by atoms with Crippen LogP contribution < -0.4 is 10.6 Å². The fourth-order valence-electron chi connectivity index (χ4n) is 3.17. The summed E-state index contributed by atoms with van der Waals surface area (Å²) in [5.41, 5.74) is 3.95. The maximum atomic E-state index is 12.3. The molecule has 0 spiro atoms. The van der Waals surface area contributed by atoms with Crippen molar-refractivity contribution in [1.82, 2.24) is 10.2 Å². The zero-order valence-electron chi connectivity index (χ0n) is 14.0. The van der Waals surface area contributed by atoms with Crippen molar-refractivity contribution in [3.8, 4) is 0 Å². The molecule has 0 heterocycles. The van der Waals surface area contributed by atoms with Crippen molar-refractivity contribution in [1.29, 1.82) is 0 Å². The molecule has 2 aromatic rings. The zero-order chi connectivity index (χ0) is 17.1. The lowest BCUT2D eigenvalue weighted by Crippen LogP contribution is -2.36. The van der Waals surface area contributed by atoms with Crippen molar-refractivity contribution in [2.45, 2.75) is 25.1 Å². The number of fused-ring (bicyclic) bond motifs is 1. The Kier molecular flexibility index (Phi) is 4.83. The first-order valence-corrected chi connectivity index (χ1v) is 8.10. The van der Waals surface area contributed by atoms with Gasteiger partial charge in [0, 0.05) is 18.7 Å². The Morgan fingerprint density at radius 1 is 1.21 bits per heavy atom. The highest BCUT2D eigenvalue weighted by atomic mass is 16.3. The quantitative estimate of drug-likeness (QED) is 0.809. The van der Waals surface area contributed by atoms with Crippen molar-refractivity contribution in [2.75, 3.05) is 19.4 Å². The third kappa shape index (κ3) is 3.75. The lowest BCUT2D eigenvalue weighted by atomic mass is 10.1. The molecule has 126 valence electrons. The van der Waals surface area contributed by atoms with Crippen LogP contribution >= 0.6 is 0 Å². The maximum absolute atomic E-state index is 12.3. The van der Waals surface area contributed by atoms with Crippen molar-refractivity contribution in [3.05, 3.63) is 65.2 Å². The number of amides is 2. The molecule has 5 heteroatoms. The number of anilines is 1. The van der Waals surface area contributed by atoms with E-state index in [1.807, 2.05) is 62.6 Å². The van der Waals surface area contributed by atoms with Crippen LogP contribution in [0.1, 0.15) is 22.7 Å². The smallest absolute Gasteiger partial charge is 0.319 e. The standard InChI is InChI=1S/C19H23N3O2/c1-22(2)12-13-6-5-8-15(10-13)20-19(24)21-18-16-9-4-3-7-14(16)11-17(18)23/h3-10,17-18,23H,11-12H2,1-2H3,(H2,20,21,24). The predicted octanol–water partition coefficient (Wildman–Crippen LogP) is 2.53. The van der Waals surface area contributed by atoms with Gasteiger partial charge >= 0.3 is 6.03 Å². The van der Waals surface area contributed by atoms with Gasteiger partial charge in [0.15, 0.2) is 0 Å². The summed E-state index contributed by atoms with van der Waals surface area (Å²) in [7, 11) is 4.01. The molecule has 1 aliphatic rings. The average molecular weight is 325 g/mol. The first-order valence-electron chi connectivity index (χ1n) is 8.10. The van der Waals surface area contributed by atoms with Crippen LogP contribution in [0.25, 0.3) is 0 Å². The summed E-state index contributed by atoms with van der Waals surface area (Å²) in [5, 5.41) is 16.0. The predicted molar refractivity (Wildman–Crippen MR) is 94.9 cm³/mol. The first kappa shape index (κ1) is 16.5. The Hall–Kier alpha value is -2.37. The summed E-state index contributed by atoms with van der Waals surface area (Å²) in [6.07, 6.45) is -0.0207. The molecule has 0 saturated carbocycles. The second-order valence-electron chi connectivity index (χ2n) is 6.48. The van der Waals surface area contributed by atoms with Crippen LogP contribution in [0.5, 0.6) is 0 Å². The fourth-order valence-corrected chi connectivity index (χ4v) is 3.17. The van der Waals surface area contributed by atoms with Crippen molar-refractivity contribution < 1.29 is 9.90 Å². The molecule has 2 amide bonds. The van der Waals surface area contributed by atoms with Gasteiger partial charge in [0.05, 0.1) is 12.1 Å².